The molecule has 2 aromatic rings. The molecule has 0 unspecified atom stereocenters. The van der Waals surface area contributed by atoms with Crippen molar-refractivity contribution in [2.75, 3.05) is 7.11 Å². The van der Waals surface area contributed by atoms with Gasteiger partial charge in [-0.3, -0.25) is 15.2 Å². The molecule has 9 nitrogen and oxygen atoms in total. The highest BCUT2D eigenvalue weighted by molar-refractivity contribution is 7.71. The molecular formula is C14H17N5O4S. The molecule has 0 radical (unpaired) electrons. The molecular weight excluding hydrogens is 334 g/mol. The molecule has 0 fully saturated rings. The lowest BCUT2D eigenvalue weighted by Gasteiger charge is -2.05. The van der Waals surface area contributed by atoms with Gasteiger partial charge in [0.1, 0.15) is 0 Å². The molecule has 2 rings (SSSR count). The van der Waals surface area contributed by atoms with E-state index in [0.29, 0.717) is 12.2 Å². The Morgan fingerprint density at radius 3 is 2.96 bits per heavy atom. The number of nitro groups is 1. The number of aromatic amines is 1. The highest BCUT2D eigenvalue weighted by Crippen LogP contribution is 2.32. The smallest absolute Gasteiger partial charge is 0.282 e. The zero-order valence-electron chi connectivity index (χ0n) is 13.2. The van der Waals surface area contributed by atoms with Crippen molar-refractivity contribution in [3.63, 3.8) is 0 Å². The van der Waals surface area contributed by atoms with E-state index in [4.69, 9.17) is 17.0 Å². The second-order valence-electron chi connectivity index (χ2n) is 4.94. The topological polar surface area (TPSA) is 119 Å². The number of H-pyrrole nitrogens is 1. The van der Waals surface area contributed by atoms with Gasteiger partial charge in [0.15, 0.2) is 17.3 Å². The van der Waals surface area contributed by atoms with Crippen LogP contribution in [-0.2, 0) is 6.42 Å². The summed E-state index contributed by atoms with van der Waals surface area (Å²) in [5.41, 5.74) is -0.110. The highest BCUT2D eigenvalue weighted by Gasteiger charge is 2.17. The van der Waals surface area contributed by atoms with E-state index in [2.05, 4.69) is 22.2 Å². The standard InChI is InChI=1S/C14H17N5O4S/c1-3-4-5-13-16-17-14(24)18(13)15-8-9-6-11(20)12(23-2)7-10(9)19(21)22/h6-8,20H,3-5H2,1-2H3,(H,17,24)/b15-8-. The third-order valence-corrected chi connectivity index (χ3v) is 3.57. The number of ether oxygens (including phenoxy) is 1. The molecule has 0 bridgehead atoms. The number of nitrogens with zero attached hydrogens (tertiary/aromatic N) is 4. The predicted octanol–water partition coefficient (Wildman–Crippen LogP) is 2.79. The number of phenolic OH excluding ortho intramolecular Hbond substituents is 1. The van der Waals surface area contributed by atoms with E-state index in [0.717, 1.165) is 18.9 Å². The Morgan fingerprint density at radius 2 is 2.33 bits per heavy atom. The van der Waals surface area contributed by atoms with Crippen LogP contribution in [0, 0.1) is 14.9 Å². The summed E-state index contributed by atoms with van der Waals surface area (Å²) in [6.45, 7) is 2.05. The molecule has 0 saturated carbocycles. The normalized spacial score (nSPS) is 11.1. The second kappa shape index (κ2) is 7.68. The Kier molecular flexibility index (Phi) is 5.64. The molecule has 1 heterocycles. The lowest BCUT2D eigenvalue weighted by molar-refractivity contribution is -0.385. The summed E-state index contributed by atoms with van der Waals surface area (Å²) in [5, 5.41) is 31.9. The molecule has 0 aliphatic carbocycles. The van der Waals surface area contributed by atoms with Crippen molar-refractivity contribution in [3.05, 3.63) is 38.4 Å². The van der Waals surface area contributed by atoms with E-state index in [1.54, 1.807) is 0 Å². The third-order valence-electron chi connectivity index (χ3n) is 3.31. The van der Waals surface area contributed by atoms with Gasteiger partial charge in [-0.05, 0) is 24.7 Å². The Balaban J connectivity index is 2.42. The second-order valence-corrected chi connectivity index (χ2v) is 5.33. The molecule has 0 amide bonds. The van der Waals surface area contributed by atoms with Crippen LogP contribution in [0.3, 0.4) is 0 Å². The zero-order chi connectivity index (χ0) is 17.7. The number of methoxy groups -OCH3 is 1. The summed E-state index contributed by atoms with van der Waals surface area (Å²) in [4.78, 5) is 10.6. The van der Waals surface area contributed by atoms with Gasteiger partial charge in [0, 0.05) is 6.42 Å². The summed E-state index contributed by atoms with van der Waals surface area (Å²) in [5.74, 6) is 0.437. The van der Waals surface area contributed by atoms with Crippen molar-refractivity contribution < 1.29 is 14.8 Å². The SMILES string of the molecule is CCCCc1n[nH]c(=S)n1/N=C\c1cc(O)c(OC)cc1[N+](=O)[O-]. The molecule has 24 heavy (non-hydrogen) atoms. The Hall–Kier alpha value is -2.75. The van der Waals surface area contributed by atoms with Crippen molar-refractivity contribution in [2.24, 2.45) is 5.10 Å². The van der Waals surface area contributed by atoms with Gasteiger partial charge < -0.3 is 9.84 Å². The highest BCUT2D eigenvalue weighted by atomic mass is 32.1. The molecule has 0 aliphatic heterocycles. The van der Waals surface area contributed by atoms with Gasteiger partial charge in [-0.25, -0.2) is 0 Å². The number of phenols is 1. The number of rotatable bonds is 7. The van der Waals surface area contributed by atoms with E-state index < -0.39 is 4.92 Å². The summed E-state index contributed by atoms with van der Waals surface area (Å²) >= 11 is 5.12. The molecule has 2 N–H and O–H groups in total. The maximum Gasteiger partial charge on any atom is 0.282 e. The van der Waals surface area contributed by atoms with Gasteiger partial charge in [-0.2, -0.15) is 14.9 Å². The van der Waals surface area contributed by atoms with Crippen molar-refractivity contribution in [2.45, 2.75) is 26.2 Å². The first-order valence-electron chi connectivity index (χ1n) is 7.24. The fourth-order valence-electron chi connectivity index (χ4n) is 2.06. The number of benzene rings is 1. The molecule has 0 spiro atoms. The number of aryl methyl sites for hydroxylation is 1. The Morgan fingerprint density at radius 1 is 1.58 bits per heavy atom. The molecule has 0 saturated heterocycles. The molecule has 1 aromatic heterocycles. The summed E-state index contributed by atoms with van der Waals surface area (Å²) in [6.07, 6.45) is 3.84. The quantitative estimate of drug-likeness (QED) is 0.343. The van der Waals surface area contributed by atoms with Crippen molar-refractivity contribution in [1.29, 1.82) is 0 Å². The maximum atomic E-state index is 11.2. The fraction of sp³-hybridized carbons (Fsp3) is 0.357. The number of nitro benzene ring substituents is 1. The zero-order valence-corrected chi connectivity index (χ0v) is 14.0. The lowest BCUT2D eigenvalue weighted by Crippen LogP contribution is -2.01. The van der Waals surface area contributed by atoms with Crippen LogP contribution >= 0.6 is 12.2 Å². The van der Waals surface area contributed by atoms with Gasteiger partial charge >= 0.3 is 0 Å². The Bertz CT molecular complexity index is 827. The number of hydrogen-bond donors (Lipinski definition) is 2. The van der Waals surface area contributed by atoms with Gasteiger partial charge in [0.25, 0.3) is 5.69 Å². The summed E-state index contributed by atoms with van der Waals surface area (Å²) in [6, 6.07) is 2.36. The van der Waals surface area contributed by atoms with E-state index >= 15 is 0 Å². The van der Waals surface area contributed by atoms with Crippen LogP contribution < -0.4 is 4.74 Å². The number of aromatic nitrogens is 3. The van der Waals surface area contributed by atoms with Gasteiger partial charge in [0.2, 0.25) is 4.77 Å². The summed E-state index contributed by atoms with van der Waals surface area (Å²) < 4.78 is 6.59. The van der Waals surface area contributed by atoms with Gasteiger partial charge in [-0.1, -0.05) is 13.3 Å². The number of hydrogen-bond acceptors (Lipinski definition) is 7. The van der Waals surface area contributed by atoms with Crippen LogP contribution in [0.4, 0.5) is 5.69 Å². The van der Waals surface area contributed by atoms with Gasteiger partial charge in [0.05, 0.1) is 29.9 Å². The van der Waals surface area contributed by atoms with Crippen molar-refractivity contribution in [3.8, 4) is 11.5 Å². The van der Waals surface area contributed by atoms with Crippen LogP contribution in [0.2, 0.25) is 0 Å². The first-order valence-corrected chi connectivity index (χ1v) is 7.64. The van der Waals surface area contributed by atoms with Crippen molar-refractivity contribution in [1.82, 2.24) is 14.9 Å². The van der Waals surface area contributed by atoms with E-state index in [9.17, 15) is 15.2 Å². The number of nitrogens with one attached hydrogen (secondary N) is 1. The predicted molar refractivity (Wildman–Crippen MR) is 90.3 cm³/mol. The van der Waals surface area contributed by atoms with Crippen LogP contribution in [0.5, 0.6) is 11.5 Å². The Labute approximate surface area is 142 Å². The van der Waals surface area contributed by atoms with Crippen LogP contribution in [0.25, 0.3) is 0 Å². The van der Waals surface area contributed by atoms with Crippen molar-refractivity contribution >= 4 is 24.1 Å². The molecule has 1 aromatic carbocycles. The monoisotopic (exact) mass is 351 g/mol. The first-order chi connectivity index (χ1) is 11.5. The first kappa shape index (κ1) is 17.6. The van der Waals surface area contributed by atoms with Crippen LogP contribution in [0.15, 0.2) is 17.2 Å². The average molecular weight is 351 g/mol. The van der Waals surface area contributed by atoms with Gasteiger partial charge in [-0.15, -0.1) is 0 Å². The average Bonchev–Trinajstić information content (AvgIpc) is 2.90. The fourth-order valence-corrected chi connectivity index (χ4v) is 2.26. The number of unbranched alkanes of at least 4 members (excludes halogenated alkanes) is 1. The van der Waals surface area contributed by atoms with Crippen LogP contribution in [0.1, 0.15) is 31.2 Å². The van der Waals surface area contributed by atoms with E-state index in [1.807, 2.05) is 0 Å². The molecule has 0 atom stereocenters. The molecule has 0 aliphatic rings. The lowest BCUT2D eigenvalue weighted by atomic mass is 10.1. The number of aromatic hydroxyl groups is 1. The largest absolute Gasteiger partial charge is 0.504 e. The minimum Gasteiger partial charge on any atom is -0.504 e. The summed E-state index contributed by atoms with van der Waals surface area (Å²) in [7, 11) is 1.32. The molecule has 10 heteroatoms. The van der Waals surface area contributed by atoms with E-state index in [-0.39, 0.29) is 27.5 Å². The van der Waals surface area contributed by atoms with Crippen LogP contribution in [-0.4, -0.2) is 38.2 Å². The maximum absolute atomic E-state index is 11.2. The minimum absolute atomic E-state index is 0.0161. The molecule has 128 valence electrons. The van der Waals surface area contributed by atoms with E-state index in [1.165, 1.54) is 24.1 Å². The third kappa shape index (κ3) is 3.77. The minimum atomic E-state index is -0.573.